The van der Waals surface area contributed by atoms with E-state index in [1.807, 2.05) is 12.2 Å². The zero-order chi connectivity index (χ0) is 11.0. The van der Waals surface area contributed by atoms with Gasteiger partial charge in [-0.3, -0.25) is 20.4 Å². The number of allylic oxidation sites excluding steroid dienone is 2. The highest BCUT2D eigenvalue weighted by Crippen LogP contribution is 2.47. The lowest BCUT2D eigenvalue weighted by atomic mass is 9.82. The Hall–Kier alpha value is -1.40. The maximum atomic E-state index is 11.5. The van der Waals surface area contributed by atoms with Crippen molar-refractivity contribution in [1.82, 2.24) is 10.9 Å². The Morgan fingerprint density at radius 2 is 1.40 bits per heavy atom. The molecular formula is C9H14N4O2. The molecule has 0 spiro atoms. The molecule has 2 aliphatic carbocycles. The largest absolute Gasteiger partial charge is 0.294 e. The van der Waals surface area contributed by atoms with Gasteiger partial charge in [0.25, 0.3) is 0 Å². The number of amides is 2. The van der Waals surface area contributed by atoms with Crippen molar-refractivity contribution in [1.29, 1.82) is 0 Å². The number of carbonyl (C=O) groups is 2. The van der Waals surface area contributed by atoms with Crippen molar-refractivity contribution in [3.05, 3.63) is 12.2 Å². The topological polar surface area (TPSA) is 110 Å². The standard InChI is InChI=1S/C9H14N4O2/c10-12-8(14)6-4-1-2-5(3-4)7(6)9(15)13-11/h1-2,4-7H,3,10-11H2,(H,12,14)(H,13,15)/t4-,5+,6+,7-. The summed E-state index contributed by atoms with van der Waals surface area (Å²) in [6, 6.07) is 0. The second kappa shape index (κ2) is 3.63. The first-order valence-electron chi connectivity index (χ1n) is 4.88. The quantitative estimate of drug-likeness (QED) is 0.190. The van der Waals surface area contributed by atoms with Crippen molar-refractivity contribution in [3.63, 3.8) is 0 Å². The molecule has 0 aromatic rings. The predicted octanol–water partition coefficient (Wildman–Crippen LogP) is -1.60. The summed E-state index contributed by atoms with van der Waals surface area (Å²) in [5, 5.41) is 0. The molecule has 82 valence electrons. The van der Waals surface area contributed by atoms with Gasteiger partial charge < -0.3 is 0 Å². The first-order chi connectivity index (χ1) is 7.19. The van der Waals surface area contributed by atoms with Crippen LogP contribution in [0, 0.1) is 23.7 Å². The summed E-state index contributed by atoms with van der Waals surface area (Å²) in [5.41, 5.74) is 4.21. The Morgan fingerprint density at radius 1 is 1.00 bits per heavy atom. The minimum absolute atomic E-state index is 0.112. The molecule has 4 atom stereocenters. The fraction of sp³-hybridized carbons (Fsp3) is 0.556. The molecule has 2 amide bonds. The van der Waals surface area contributed by atoms with E-state index in [0.717, 1.165) is 6.42 Å². The zero-order valence-electron chi connectivity index (χ0n) is 8.14. The summed E-state index contributed by atoms with van der Waals surface area (Å²) < 4.78 is 0. The average Bonchev–Trinajstić information content (AvgIpc) is 2.86. The van der Waals surface area contributed by atoms with Crippen molar-refractivity contribution in [2.45, 2.75) is 6.42 Å². The van der Waals surface area contributed by atoms with E-state index in [1.165, 1.54) is 0 Å². The Balaban J connectivity index is 2.24. The van der Waals surface area contributed by atoms with Crippen molar-refractivity contribution in [2.75, 3.05) is 0 Å². The summed E-state index contributed by atoms with van der Waals surface area (Å²) in [4.78, 5) is 23.1. The predicted molar refractivity (Wildman–Crippen MR) is 52.4 cm³/mol. The van der Waals surface area contributed by atoms with Crippen LogP contribution < -0.4 is 22.5 Å². The van der Waals surface area contributed by atoms with Crippen molar-refractivity contribution in [2.24, 2.45) is 35.4 Å². The SMILES string of the molecule is NNC(=O)[C@@H]1[C@H](C(=O)NN)[C@H]2C=C[C@@H]1C2. The molecule has 0 saturated heterocycles. The fourth-order valence-electron chi connectivity index (χ4n) is 2.73. The second-order valence-electron chi connectivity index (χ2n) is 4.02. The van der Waals surface area contributed by atoms with Crippen molar-refractivity contribution in [3.8, 4) is 0 Å². The maximum absolute atomic E-state index is 11.5. The normalized spacial score (nSPS) is 36.7. The molecule has 6 N–H and O–H groups in total. The molecule has 0 aromatic heterocycles. The Bertz CT molecular complexity index is 298. The average molecular weight is 210 g/mol. The molecule has 2 bridgehead atoms. The number of nitrogens with two attached hydrogens (primary N) is 2. The van der Waals surface area contributed by atoms with Gasteiger partial charge in [-0.15, -0.1) is 0 Å². The van der Waals surface area contributed by atoms with Crippen molar-refractivity contribution >= 4 is 11.8 Å². The fourth-order valence-corrected chi connectivity index (χ4v) is 2.73. The third-order valence-corrected chi connectivity index (χ3v) is 3.35. The molecule has 6 heteroatoms. The van der Waals surface area contributed by atoms with Crippen LogP contribution in [-0.2, 0) is 9.59 Å². The summed E-state index contributed by atoms with van der Waals surface area (Å²) in [5.74, 6) is 9.08. The van der Waals surface area contributed by atoms with Gasteiger partial charge in [-0.05, 0) is 18.3 Å². The van der Waals surface area contributed by atoms with E-state index in [0.29, 0.717) is 0 Å². The molecule has 0 aromatic carbocycles. The van der Waals surface area contributed by atoms with Crippen molar-refractivity contribution < 1.29 is 9.59 Å². The second-order valence-corrected chi connectivity index (χ2v) is 4.02. The van der Waals surface area contributed by atoms with Crippen LogP contribution in [0.5, 0.6) is 0 Å². The van der Waals surface area contributed by atoms with Crippen LogP contribution in [0.4, 0.5) is 0 Å². The van der Waals surface area contributed by atoms with Crippen LogP contribution in [0.15, 0.2) is 12.2 Å². The van der Waals surface area contributed by atoms with Gasteiger partial charge in [0.2, 0.25) is 11.8 Å². The molecule has 2 rings (SSSR count). The van der Waals surface area contributed by atoms with Gasteiger partial charge in [0.1, 0.15) is 0 Å². The number of carbonyl (C=O) groups excluding carboxylic acids is 2. The van der Waals surface area contributed by atoms with E-state index < -0.39 is 0 Å². The summed E-state index contributed by atoms with van der Waals surface area (Å²) >= 11 is 0. The number of hydrazine groups is 2. The molecule has 1 saturated carbocycles. The minimum atomic E-state index is -0.381. The lowest BCUT2D eigenvalue weighted by Gasteiger charge is -2.24. The zero-order valence-corrected chi connectivity index (χ0v) is 8.14. The van der Waals surface area contributed by atoms with Gasteiger partial charge in [-0.2, -0.15) is 0 Å². The first-order valence-corrected chi connectivity index (χ1v) is 4.88. The maximum Gasteiger partial charge on any atom is 0.238 e. The van der Waals surface area contributed by atoms with Gasteiger partial charge in [-0.25, -0.2) is 11.7 Å². The smallest absolute Gasteiger partial charge is 0.238 e. The van der Waals surface area contributed by atoms with Gasteiger partial charge in [0.15, 0.2) is 0 Å². The van der Waals surface area contributed by atoms with Crippen LogP contribution >= 0.6 is 0 Å². The Labute approximate surface area is 87.0 Å². The summed E-state index contributed by atoms with van der Waals surface area (Å²) in [6.07, 6.45) is 4.78. The lowest BCUT2D eigenvalue weighted by molar-refractivity contribution is -0.135. The van der Waals surface area contributed by atoms with E-state index in [4.69, 9.17) is 11.7 Å². The number of hydrogen-bond acceptors (Lipinski definition) is 4. The number of hydrogen-bond donors (Lipinski definition) is 4. The van der Waals surface area contributed by atoms with Gasteiger partial charge >= 0.3 is 0 Å². The molecule has 0 unspecified atom stereocenters. The van der Waals surface area contributed by atoms with E-state index in [9.17, 15) is 9.59 Å². The van der Waals surface area contributed by atoms with Crippen LogP contribution in [0.1, 0.15) is 6.42 Å². The lowest BCUT2D eigenvalue weighted by Crippen LogP contribution is -2.47. The van der Waals surface area contributed by atoms with Gasteiger partial charge in [0, 0.05) is 0 Å². The third kappa shape index (κ3) is 1.42. The molecule has 6 nitrogen and oxygen atoms in total. The van der Waals surface area contributed by atoms with E-state index in [1.54, 1.807) is 0 Å². The highest BCUT2D eigenvalue weighted by molar-refractivity contribution is 5.89. The monoisotopic (exact) mass is 210 g/mol. The highest BCUT2D eigenvalue weighted by Gasteiger charge is 2.51. The van der Waals surface area contributed by atoms with Crippen LogP contribution in [0.3, 0.4) is 0 Å². The third-order valence-electron chi connectivity index (χ3n) is 3.35. The number of rotatable bonds is 2. The minimum Gasteiger partial charge on any atom is -0.294 e. The van der Waals surface area contributed by atoms with Crippen LogP contribution in [0.25, 0.3) is 0 Å². The van der Waals surface area contributed by atoms with E-state index >= 15 is 0 Å². The molecule has 15 heavy (non-hydrogen) atoms. The molecular weight excluding hydrogens is 196 g/mol. The molecule has 0 radical (unpaired) electrons. The molecule has 0 heterocycles. The Kier molecular flexibility index (Phi) is 2.45. The van der Waals surface area contributed by atoms with E-state index in [-0.39, 0.29) is 35.5 Å². The molecule has 1 fully saturated rings. The first kappa shape index (κ1) is 10.1. The van der Waals surface area contributed by atoms with Crippen LogP contribution in [0.2, 0.25) is 0 Å². The number of nitrogens with one attached hydrogen (secondary N) is 2. The Morgan fingerprint density at radius 3 is 1.73 bits per heavy atom. The summed E-state index contributed by atoms with van der Waals surface area (Å²) in [6.45, 7) is 0. The van der Waals surface area contributed by atoms with Gasteiger partial charge in [0.05, 0.1) is 11.8 Å². The molecule has 2 aliphatic rings. The summed E-state index contributed by atoms with van der Waals surface area (Å²) in [7, 11) is 0. The van der Waals surface area contributed by atoms with Crippen LogP contribution in [-0.4, -0.2) is 11.8 Å². The van der Waals surface area contributed by atoms with E-state index in [2.05, 4.69) is 10.9 Å². The highest BCUT2D eigenvalue weighted by atomic mass is 16.2. The number of fused-ring (bicyclic) bond motifs is 2. The van der Waals surface area contributed by atoms with Gasteiger partial charge in [-0.1, -0.05) is 12.2 Å². The molecule has 0 aliphatic heterocycles.